The van der Waals surface area contributed by atoms with Gasteiger partial charge in [-0.2, -0.15) is 0 Å². The van der Waals surface area contributed by atoms with Crippen molar-refractivity contribution in [1.29, 1.82) is 0 Å². The van der Waals surface area contributed by atoms with Crippen LogP contribution >= 0.6 is 11.6 Å². The number of ether oxygens (including phenoxy) is 1. The maximum atomic E-state index is 12.3. The molecule has 1 heterocycles. The average molecular weight is 401 g/mol. The van der Waals surface area contributed by atoms with Gasteiger partial charge in [0, 0.05) is 29.4 Å². The fourth-order valence-electron chi connectivity index (χ4n) is 3.06. The van der Waals surface area contributed by atoms with E-state index >= 15 is 0 Å². The summed E-state index contributed by atoms with van der Waals surface area (Å²) in [7, 11) is 0. The zero-order valence-corrected chi connectivity index (χ0v) is 16.5. The number of hydrogen-bond donors (Lipinski definition) is 1. The van der Waals surface area contributed by atoms with E-state index in [0.29, 0.717) is 16.4 Å². The summed E-state index contributed by atoms with van der Waals surface area (Å²) in [5, 5.41) is 3.31. The Balaban J connectivity index is 1.53. The van der Waals surface area contributed by atoms with E-state index in [9.17, 15) is 14.4 Å². The zero-order chi connectivity index (χ0) is 20.3. The Bertz CT molecular complexity index is 911. The summed E-state index contributed by atoms with van der Waals surface area (Å²) in [6, 6.07) is 12.4. The molecule has 0 spiro atoms. The van der Waals surface area contributed by atoms with Crippen molar-refractivity contribution in [2.75, 3.05) is 23.4 Å². The van der Waals surface area contributed by atoms with Crippen LogP contribution in [0.4, 0.5) is 11.4 Å². The second-order valence-electron chi connectivity index (χ2n) is 6.79. The van der Waals surface area contributed by atoms with Gasteiger partial charge in [-0.15, -0.1) is 0 Å². The molecule has 2 aromatic carbocycles. The summed E-state index contributed by atoms with van der Waals surface area (Å²) in [5.74, 6) is -1.73. The van der Waals surface area contributed by atoms with E-state index in [-0.39, 0.29) is 18.9 Å². The van der Waals surface area contributed by atoms with Crippen LogP contribution in [0, 0.1) is 19.8 Å². The van der Waals surface area contributed by atoms with E-state index in [1.165, 1.54) is 4.90 Å². The van der Waals surface area contributed by atoms with Gasteiger partial charge in [-0.05, 0) is 55.3 Å². The van der Waals surface area contributed by atoms with Gasteiger partial charge in [0.25, 0.3) is 5.91 Å². The Hall–Kier alpha value is -2.86. The van der Waals surface area contributed by atoms with Crippen LogP contribution in [0.1, 0.15) is 17.5 Å². The second-order valence-corrected chi connectivity index (χ2v) is 7.22. The molecule has 1 fully saturated rings. The number of carbonyl (C=O) groups is 3. The van der Waals surface area contributed by atoms with Gasteiger partial charge >= 0.3 is 5.97 Å². The van der Waals surface area contributed by atoms with Gasteiger partial charge in [-0.1, -0.05) is 23.7 Å². The SMILES string of the molecule is Cc1cccc(NC(=O)COC(=O)[C@H]2CC(=O)N(c3ccc(Cl)cc3)C2)c1C. The van der Waals surface area contributed by atoms with E-state index < -0.39 is 24.4 Å². The Morgan fingerprint density at radius 3 is 2.61 bits per heavy atom. The van der Waals surface area contributed by atoms with Crippen molar-refractivity contribution in [2.45, 2.75) is 20.3 Å². The smallest absolute Gasteiger partial charge is 0.311 e. The Kier molecular flexibility index (Phi) is 5.99. The standard InChI is InChI=1S/C21H21ClN2O4/c1-13-4-3-5-18(14(13)2)23-19(25)12-28-21(27)15-10-20(26)24(11-15)17-8-6-16(22)7-9-17/h3-9,15H,10-12H2,1-2H3,(H,23,25)/t15-/m0/s1. The minimum atomic E-state index is -0.600. The van der Waals surface area contributed by atoms with Gasteiger partial charge < -0.3 is 15.0 Å². The maximum Gasteiger partial charge on any atom is 0.311 e. The van der Waals surface area contributed by atoms with Crippen molar-refractivity contribution in [3.63, 3.8) is 0 Å². The highest BCUT2D eigenvalue weighted by Crippen LogP contribution is 2.27. The molecular weight excluding hydrogens is 380 g/mol. The monoisotopic (exact) mass is 400 g/mol. The van der Waals surface area contributed by atoms with Gasteiger partial charge in [-0.3, -0.25) is 14.4 Å². The van der Waals surface area contributed by atoms with Crippen molar-refractivity contribution >= 4 is 40.8 Å². The minimum Gasteiger partial charge on any atom is -0.455 e. The van der Waals surface area contributed by atoms with Crippen molar-refractivity contribution in [2.24, 2.45) is 5.92 Å². The number of esters is 1. The number of amides is 2. The molecule has 0 bridgehead atoms. The first-order chi connectivity index (χ1) is 13.3. The van der Waals surface area contributed by atoms with E-state index in [2.05, 4.69) is 5.32 Å². The van der Waals surface area contributed by atoms with Crippen LogP contribution in [0.15, 0.2) is 42.5 Å². The number of benzene rings is 2. The Morgan fingerprint density at radius 1 is 1.18 bits per heavy atom. The third-order valence-corrected chi connectivity index (χ3v) is 5.07. The molecule has 1 saturated heterocycles. The normalized spacial score (nSPS) is 16.2. The molecule has 1 aliphatic heterocycles. The second kappa shape index (κ2) is 8.44. The average Bonchev–Trinajstić information content (AvgIpc) is 3.06. The number of nitrogens with one attached hydrogen (secondary N) is 1. The van der Waals surface area contributed by atoms with Crippen LogP contribution in [0.3, 0.4) is 0 Å². The Labute approximate surface area is 168 Å². The van der Waals surface area contributed by atoms with Crippen LogP contribution in [0.25, 0.3) is 0 Å². The number of halogens is 1. The molecule has 0 saturated carbocycles. The molecular formula is C21H21ClN2O4. The van der Waals surface area contributed by atoms with Crippen molar-refractivity contribution < 1.29 is 19.1 Å². The van der Waals surface area contributed by atoms with E-state index in [4.69, 9.17) is 16.3 Å². The van der Waals surface area contributed by atoms with Gasteiger partial charge in [0.15, 0.2) is 6.61 Å². The molecule has 2 amide bonds. The molecule has 1 aliphatic rings. The first-order valence-electron chi connectivity index (χ1n) is 8.94. The maximum absolute atomic E-state index is 12.3. The van der Waals surface area contributed by atoms with Gasteiger partial charge in [0.2, 0.25) is 5.91 Å². The molecule has 2 aromatic rings. The van der Waals surface area contributed by atoms with Crippen LogP contribution < -0.4 is 10.2 Å². The van der Waals surface area contributed by atoms with Crippen LogP contribution in [0.5, 0.6) is 0 Å². The highest BCUT2D eigenvalue weighted by molar-refractivity contribution is 6.30. The van der Waals surface area contributed by atoms with Crippen LogP contribution in [0.2, 0.25) is 5.02 Å². The summed E-state index contributed by atoms with van der Waals surface area (Å²) in [4.78, 5) is 38.2. The van der Waals surface area contributed by atoms with E-state index in [1.54, 1.807) is 30.3 Å². The number of anilines is 2. The van der Waals surface area contributed by atoms with Crippen molar-refractivity contribution in [3.8, 4) is 0 Å². The third-order valence-electron chi connectivity index (χ3n) is 4.82. The molecule has 0 aromatic heterocycles. The molecule has 0 aliphatic carbocycles. The molecule has 0 radical (unpaired) electrons. The fraction of sp³-hybridized carbons (Fsp3) is 0.286. The first-order valence-corrected chi connectivity index (χ1v) is 9.31. The minimum absolute atomic E-state index is 0.0556. The quantitative estimate of drug-likeness (QED) is 0.779. The van der Waals surface area contributed by atoms with Gasteiger partial charge in [-0.25, -0.2) is 0 Å². The Morgan fingerprint density at radius 2 is 1.89 bits per heavy atom. The largest absolute Gasteiger partial charge is 0.455 e. The summed E-state index contributed by atoms with van der Waals surface area (Å²) < 4.78 is 5.13. The van der Waals surface area contributed by atoms with Gasteiger partial charge in [0.1, 0.15) is 0 Å². The molecule has 146 valence electrons. The molecule has 6 nitrogen and oxygen atoms in total. The summed E-state index contributed by atoms with van der Waals surface area (Å²) in [6.45, 7) is 3.69. The third kappa shape index (κ3) is 4.51. The number of carbonyl (C=O) groups excluding carboxylic acids is 3. The van der Waals surface area contributed by atoms with Crippen LogP contribution in [-0.4, -0.2) is 30.9 Å². The topological polar surface area (TPSA) is 75.7 Å². The van der Waals surface area contributed by atoms with E-state index in [0.717, 1.165) is 11.1 Å². The highest BCUT2D eigenvalue weighted by atomic mass is 35.5. The lowest BCUT2D eigenvalue weighted by molar-refractivity contribution is -0.151. The molecule has 28 heavy (non-hydrogen) atoms. The number of aryl methyl sites for hydroxylation is 1. The van der Waals surface area contributed by atoms with E-state index in [1.807, 2.05) is 26.0 Å². The molecule has 1 N–H and O–H groups in total. The lowest BCUT2D eigenvalue weighted by atomic mass is 10.1. The molecule has 0 unspecified atom stereocenters. The summed E-state index contributed by atoms with van der Waals surface area (Å²) in [5.41, 5.74) is 3.38. The van der Waals surface area contributed by atoms with Crippen molar-refractivity contribution in [3.05, 3.63) is 58.6 Å². The number of nitrogens with zero attached hydrogens (tertiary/aromatic N) is 1. The lowest BCUT2D eigenvalue weighted by Gasteiger charge is -2.16. The fourth-order valence-corrected chi connectivity index (χ4v) is 3.19. The lowest BCUT2D eigenvalue weighted by Crippen LogP contribution is -2.28. The predicted octanol–water partition coefficient (Wildman–Crippen LogP) is 3.49. The summed E-state index contributed by atoms with van der Waals surface area (Å²) in [6.07, 6.45) is 0.0556. The first kappa shape index (κ1) is 19.9. The zero-order valence-electron chi connectivity index (χ0n) is 15.7. The number of hydrogen-bond acceptors (Lipinski definition) is 4. The highest BCUT2D eigenvalue weighted by Gasteiger charge is 2.36. The van der Waals surface area contributed by atoms with Gasteiger partial charge in [0.05, 0.1) is 5.92 Å². The number of rotatable bonds is 5. The molecule has 3 rings (SSSR count). The predicted molar refractivity (Wildman–Crippen MR) is 107 cm³/mol. The molecule has 1 atom stereocenters. The van der Waals surface area contributed by atoms with Crippen LogP contribution in [-0.2, 0) is 19.1 Å². The van der Waals surface area contributed by atoms with Crippen molar-refractivity contribution in [1.82, 2.24) is 0 Å². The molecule has 7 heteroatoms. The summed E-state index contributed by atoms with van der Waals surface area (Å²) >= 11 is 5.87.